The fourth-order valence-corrected chi connectivity index (χ4v) is 3.50. The van der Waals surface area contributed by atoms with Crippen molar-refractivity contribution in [2.45, 2.75) is 6.54 Å². The number of halogens is 1. The second-order valence-electron chi connectivity index (χ2n) is 5.22. The number of carbonyl (C=O) groups excluding carboxylic acids is 1. The molecule has 2 N–H and O–H groups in total. The molecule has 0 aliphatic rings. The fraction of sp³-hybridized carbons (Fsp3) is 0.111. The van der Waals surface area contributed by atoms with Crippen LogP contribution >= 0.6 is 22.9 Å². The zero-order chi connectivity index (χ0) is 17.8. The van der Waals surface area contributed by atoms with Crippen molar-refractivity contribution in [3.05, 3.63) is 63.8 Å². The molecule has 7 heteroatoms. The van der Waals surface area contributed by atoms with Crippen LogP contribution in [-0.4, -0.2) is 18.0 Å². The van der Waals surface area contributed by atoms with Gasteiger partial charge in [-0.1, -0.05) is 17.7 Å². The molecule has 0 spiro atoms. The summed E-state index contributed by atoms with van der Waals surface area (Å²) >= 11 is 7.40. The number of methoxy groups -OCH3 is 1. The third kappa shape index (κ3) is 3.68. The number of ether oxygens (including phenoxy) is 1. The number of aromatic nitrogens is 1. The lowest BCUT2D eigenvalue weighted by atomic mass is 10.1. The Morgan fingerprint density at radius 3 is 2.88 bits per heavy atom. The van der Waals surface area contributed by atoms with E-state index in [1.807, 2.05) is 6.07 Å². The van der Waals surface area contributed by atoms with Crippen LogP contribution < -0.4 is 10.1 Å². The van der Waals surface area contributed by atoms with Gasteiger partial charge in [-0.25, -0.2) is 0 Å². The van der Waals surface area contributed by atoms with Crippen molar-refractivity contribution in [3.8, 4) is 22.3 Å². The molecule has 2 aromatic heterocycles. The van der Waals surface area contributed by atoms with Crippen molar-refractivity contribution in [3.63, 3.8) is 0 Å². The molecule has 25 heavy (non-hydrogen) atoms. The first-order valence-corrected chi connectivity index (χ1v) is 8.59. The zero-order valence-electron chi connectivity index (χ0n) is 13.3. The first kappa shape index (κ1) is 17.1. The molecular formula is C18H14ClN3O2S. The Morgan fingerprint density at radius 1 is 1.36 bits per heavy atom. The average molecular weight is 372 g/mol. The van der Waals surface area contributed by atoms with E-state index in [1.165, 1.54) is 18.4 Å². The Hall–Kier alpha value is -2.75. The Bertz CT molecular complexity index is 955. The van der Waals surface area contributed by atoms with Crippen LogP contribution in [0.5, 0.6) is 5.75 Å². The molecule has 126 valence electrons. The summed E-state index contributed by atoms with van der Waals surface area (Å²) in [5, 5.41) is 11.9. The van der Waals surface area contributed by atoms with Crippen LogP contribution in [0.25, 0.3) is 10.4 Å². The topological polar surface area (TPSA) is 77.9 Å². The molecule has 0 saturated carbocycles. The Morgan fingerprint density at radius 2 is 2.20 bits per heavy atom. The molecule has 0 aliphatic carbocycles. The number of thiophene rings is 1. The number of carbonyl (C=O) groups is 1. The van der Waals surface area contributed by atoms with Gasteiger partial charge in [0.1, 0.15) is 11.8 Å². The van der Waals surface area contributed by atoms with Crippen LogP contribution in [0.15, 0.2) is 42.7 Å². The highest BCUT2D eigenvalue weighted by molar-refractivity contribution is 7.19. The number of nitrogens with zero attached hydrogens (tertiary/aromatic N) is 1. The summed E-state index contributed by atoms with van der Waals surface area (Å²) in [6.07, 6.45) is 3.44. The van der Waals surface area contributed by atoms with Gasteiger partial charge in [-0.2, -0.15) is 5.26 Å². The number of hydrogen-bond acceptors (Lipinski definition) is 4. The van der Waals surface area contributed by atoms with Gasteiger partial charge in [-0.05, 0) is 29.8 Å². The highest BCUT2D eigenvalue weighted by atomic mass is 35.5. The van der Waals surface area contributed by atoms with Crippen molar-refractivity contribution < 1.29 is 9.53 Å². The van der Waals surface area contributed by atoms with Gasteiger partial charge in [-0.15, -0.1) is 11.3 Å². The standard InChI is InChI=1S/C18H14ClN3O2S/c1-24-15-6-11(2-3-12(15)7-20)8-22-18(23)14-10-21-9-13(14)16-4-5-17(19)25-16/h2-6,9-10,21H,8H2,1H3,(H,22,23). The number of amides is 1. The number of nitrogens with one attached hydrogen (secondary N) is 2. The van der Waals surface area contributed by atoms with Crippen LogP contribution in [0.4, 0.5) is 0 Å². The summed E-state index contributed by atoms with van der Waals surface area (Å²) in [7, 11) is 1.51. The van der Waals surface area contributed by atoms with Crippen molar-refractivity contribution in [2.24, 2.45) is 0 Å². The van der Waals surface area contributed by atoms with Gasteiger partial charge in [0, 0.05) is 29.4 Å². The maximum absolute atomic E-state index is 12.5. The second-order valence-corrected chi connectivity index (χ2v) is 6.93. The summed E-state index contributed by atoms with van der Waals surface area (Å²) in [5.41, 5.74) is 2.67. The Labute approximate surface area is 153 Å². The van der Waals surface area contributed by atoms with Gasteiger partial charge in [0.05, 0.1) is 22.6 Å². The smallest absolute Gasteiger partial charge is 0.253 e. The van der Waals surface area contributed by atoms with Gasteiger partial charge >= 0.3 is 0 Å². The maximum Gasteiger partial charge on any atom is 0.253 e. The summed E-state index contributed by atoms with van der Waals surface area (Å²) in [4.78, 5) is 16.4. The SMILES string of the molecule is COc1cc(CNC(=O)c2c[nH]cc2-c2ccc(Cl)s2)ccc1C#N. The lowest BCUT2D eigenvalue weighted by Gasteiger charge is -2.08. The molecule has 0 radical (unpaired) electrons. The highest BCUT2D eigenvalue weighted by Crippen LogP contribution is 2.33. The molecule has 0 aliphatic heterocycles. The van der Waals surface area contributed by atoms with Gasteiger partial charge in [0.25, 0.3) is 5.91 Å². The first-order valence-electron chi connectivity index (χ1n) is 7.40. The minimum atomic E-state index is -0.191. The van der Waals surface area contributed by atoms with Crippen LogP contribution in [0, 0.1) is 11.3 Å². The van der Waals surface area contributed by atoms with E-state index in [4.69, 9.17) is 21.6 Å². The molecule has 1 aromatic carbocycles. The number of rotatable bonds is 5. The van der Waals surface area contributed by atoms with E-state index in [-0.39, 0.29) is 5.91 Å². The maximum atomic E-state index is 12.5. The van der Waals surface area contributed by atoms with Gasteiger partial charge in [-0.3, -0.25) is 4.79 Å². The van der Waals surface area contributed by atoms with Gasteiger partial charge in [0.15, 0.2) is 0 Å². The van der Waals surface area contributed by atoms with Crippen molar-refractivity contribution in [2.75, 3.05) is 7.11 Å². The van der Waals surface area contributed by atoms with Crippen LogP contribution in [-0.2, 0) is 6.54 Å². The molecule has 2 heterocycles. The summed E-state index contributed by atoms with van der Waals surface area (Å²) < 4.78 is 5.86. The fourth-order valence-electron chi connectivity index (χ4n) is 2.43. The minimum Gasteiger partial charge on any atom is -0.495 e. The van der Waals surface area contributed by atoms with Gasteiger partial charge in [0.2, 0.25) is 0 Å². The molecular weight excluding hydrogens is 358 g/mol. The third-order valence-corrected chi connectivity index (χ3v) is 4.93. The third-order valence-electron chi connectivity index (χ3n) is 3.67. The van der Waals surface area contributed by atoms with E-state index < -0.39 is 0 Å². The Kier molecular flexibility index (Phi) is 5.08. The predicted octanol–water partition coefficient (Wildman–Crippen LogP) is 4.21. The second kappa shape index (κ2) is 7.43. The first-order chi connectivity index (χ1) is 12.1. The molecule has 0 unspecified atom stereocenters. The summed E-state index contributed by atoms with van der Waals surface area (Å²) in [6, 6.07) is 11.0. The molecule has 0 bridgehead atoms. The average Bonchev–Trinajstić information content (AvgIpc) is 3.28. The summed E-state index contributed by atoms with van der Waals surface area (Å²) in [6.45, 7) is 0.330. The van der Waals surface area contributed by atoms with E-state index in [9.17, 15) is 4.79 Å². The number of benzene rings is 1. The lowest BCUT2D eigenvalue weighted by molar-refractivity contribution is 0.0951. The quantitative estimate of drug-likeness (QED) is 0.705. The molecule has 0 fully saturated rings. The van der Waals surface area contributed by atoms with Crippen molar-refractivity contribution >= 4 is 28.8 Å². The minimum absolute atomic E-state index is 0.191. The largest absolute Gasteiger partial charge is 0.495 e. The van der Waals surface area contributed by atoms with Crippen LogP contribution in [0.2, 0.25) is 4.34 Å². The normalized spacial score (nSPS) is 10.3. The van der Waals surface area contributed by atoms with E-state index in [1.54, 1.807) is 36.7 Å². The molecule has 0 atom stereocenters. The summed E-state index contributed by atoms with van der Waals surface area (Å²) in [5.74, 6) is 0.300. The molecule has 5 nitrogen and oxygen atoms in total. The highest BCUT2D eigenvalue weighted by Gasteiger charge is 2.15. The number of aromatic amines is 1. The van der Waals surface area contributed by atoms with Crippen molar-refractivity contribution in [1.29, 1.82) is 5.26 Å². The molecule has 3 aromatic rings. The molecule has 0 saturated heterocycles. The monoisotopic (exact) mass is 371 g/mol. The van der Waals surface area contributed by atoms with E-state index in [0.717, 1.165) is 16.0 Å². The van der Waals surface area contributed by atoms with E-state index >= 15 is 0 Å². The Balaban J connectivity index is 1.74. The number of nitriles is 1. The predicted molar refractivity (Wildman–Crippen MR) is 98.0 cm³/mol. The van der Waals surface area contributed by atoms with E-state index in [0.29, 0.717) is 27.8 Å². The van der Waals surface area contributed by atoms with Crippen LogP contribution in [0.1, 0.15) is 21.5 Å². The van der Waals surface area contributed by atoms with Crippen LogP contribution in [0.3, 0.4) is 0 Å². The van der Waals surface area contributed by atoms with Crippen molar-refractivity contribution in [1.82, 2.24) is 10.3 Å². The number of H-pyrrole nitrogens is 1. The van der Waals surface area contributed by atoms with E-state index in [2.05, 4.69) is 16.4 Å². The molecule has 3 rings (SSSR count). The molecule has 1 amide bonds. The lowest BCUT2D eigenvalue weighted by Crippen LogP contribution is -2.22. The van der Waals surface area contributed by atoms with Gasteiger partial charge < -0.3 is 15.0 Å². The zero-order valence-corrected chi connectivity index (χ0v) is 14.9. The number of hydrogen-bond donors (Lipinski definition) is 2.